The standard InChI is InChI=1S/C20H19N5O2S/c1-13(16-8-5-11-28-16)22-18(26)10-9-17-23-19-15(20(27)24-17)12-21-25(19)14-6-3-2-4-7-14/h2-8,11-13H,9-10H2,1H3,(H,22,26)(H,23,24,27)/t13-/m0/s1. The van der Waals surface area contributed by atoms with E-state index < -0.39 is 0 Å². The molecule has 2 N–H and O–H groups in total. The number of amides is 1. The third-order valence-electron chi connectivity index (χ3n) is 4.42. The number of H-pyrrole nitrogens is 1. The van der Waals surface area contributed by atoms with Crippen LogP contribution in [-0.2, 0) is 11.2 Å². The number of aromatic amines is 1. The predicted octanol–water partition coefficient (Wildman–Crippen LogP) is 2.98. The van der Waals surface area contributed by atoms with E-state index in [1.54, 1.807) is 16.0 Å². The number of carbonyl (C=O) groups is 1. The molecule has 0 aliphatic carbocycles. The fourth-order valence-electron chi connectivity index (χ4n) is 2.99. The molecule has 4 rings (SSSR count). The number of benzene rings is 1. The SMILES string of the molecule is C[C@H](NC(=O)CCc1nc2c(cnn2-c2ccccc2)c(=O)[nH]1)c1cccs1. The first kappa shape index (κ1) is 18.1. The van der Waals surface area contributed by atoms with E-state index in [9.17, 15) is 9.59 Å². The van der Waals surface area contributed by atoms with Gasteiger partial charge in [-0.25, -0.2) is 9.67 Å². The van der Waals surface area contributed by atoms with Gasteiger partial charge in [0.1, 0.15) is 11.2 Å². The second kappa shape index (κ2) is 7.77. The summed E-state index contributed by atoms with van der Waals surface area (Å²) in [4.78, 5) is 33.0. The summed E-state index contributed by atoms with van der Waals surface area (Å²) in [5, 5.41) is 9.66. The highest BCUT2D eigenvalue weighted by atomic mass is 32.1. The molecule has 3 heterocycles. The van der Waals surface area contributed by atoms with E-state index in [1.807, 2.05) is 54.8 Å². The van der Waals surface area contributed by atoms with E-state index >= 15 is 0 Å². The monoisotopic (exact) mass is 393 g/mol. The molecule has 0 aliphatic heterocycles. The molecule has 1 atom stereocenters. The van der Waals surface area contributed by atoms with Crippen LogP contribution in [0.15, 0.2) is 58.8 Å². The lowest BCUT2D eigenvalue weighted by molar-refractivity contribution is -0.121. The summed E-state index contributed by atoms with van der Waals surface area (Å²) in [6.07, 6.45) is 2.09. The van der Waals surface area contributed by atoms with Crippen LogP contribution in [0.25, 0.3) is 16.7 Å². The predicted molar refractivity (Wildman–Crippen MR) is 109 cm³/mol. The zero-order valence-electron chi connectivity index (χ0n) is 15.3. The minimum atomic E-state index is -0.255. The van der Waals surface area contributed by atoms with Crippen LogP contribution in [0, 0.1) is 0 Å². The molecule has 0 fully saturated rings. The van der Waals surface area contributed by atoms with Gasteiger partial charge >= 0.3 is 0 Å². The van der Waals surface area contributed by atoms with Crippen LogP contribution in [0.2, 0.25) is 0 Å². The largest absolute Gasteiger partial charge is 0.349 e. The lowest BCUT2D eigenvalue weighted by Crippen LogP contribution is -2.26. The lowest BCUT2D eigenvalue weighted by atomic mass is 10.2. The van der Waals surface area contributed by atoms with Crippen LogP contribution < -0.4 is 10.9 Å². The second-order valence-corrected chi connectivity index (χ2v) is 7.43. The highest BCUT2D eigenvalue weighted by Gasteiger charge is 2.14. The molecule has 0 unspecified atom stereocenters. The fourth-order valence-corrected chi connectivity index (χ4v) is 3.73. The first-order valence-corrected chi connectivity index (χ1v) is 9.85. The van der Waals surface area contributed by atoms with E-state index in [4.69, 9.17) is 0 Å². The summed E-state index contributed by atoms with van der Waals surface area (Å²) >= 11 is 1.61. The number of fused-ring (bicyclic) bond motifs is 1. The molecule has 0 saturated carbocycles. The van der Waals surface area contributed by atoms with Crippen molar-refractivity contribution < 1.29 is 4.79 Å². The third-order valence-corrected chi connectivity index (χ3v) is 5.48. The van der Waals surface area contributed by atoms with Gasteiger partial charge in [-0.1, -0.05) is 24.3 Å². The minimum Gasteiger partial charge on any atom is -0.349 e. The molecule has 142 valence electrons. The number of nitrogens with zero attached hydrogens (tertiary/aromatic N) is 3. The van der Waals surface area contributed by atoms with Gasteiger partial charge in [0.15, 0.2) is 5.65 Å². The zero-order chi connectivity index (χ0) is 19.5. The van der Waals surface area contributed by atoms with Crippen molar-refractivity contribution in [1.29, 1.82) is 0 Å². The van der Waals surface area contributed by atoms with E-state index in [2.05, 4.69) is 20.4 Å². The van der Waals surface area contributed by atoms with E-state index in [0.29, 0.717) is 23.3 Å². The number of thiophene rings is 1. The first-order chi connectivity index (χ1) is 13.6. The number of nitrogens with one attached hydrogen (secondary N) is 2. The summed E-state index contributed by atoms with van der Waals surface area (Å²) in [6, 6.07) is 13.4. The fraction of sp³-hybridized carbons (Fsp3) is 0.200. The quantitative estimate of drug-likeness (QED) is 0.527. The van der Waals surface area contributed by atoms with Crippen LogP contribution in [0.5, 0.6) is 0 Å². The topological polar surface area (TPSA) is 92.7 Å². The molecule has 8 heteroatoms. The average Bonchev–Trinajstić information content (AvgIpc) is 3.37. The Morgan fingerprint density at radius 3 is 2.82 bits per heavy atom. The molecule has 28 heavy (non-hydrogen) atoms. The molecule has 3 aromatic heterocycles. The van der Waals surface area contributed by atoms with Crippen molar-refractivity contribution in [1.82, 2.24) is 25.1 Å². The summed E-state index contributed by atoms with van der Waals surface area (Å²) in [5.41, 5.74) is 1.05. The number of rotatable bonds is 6. The van der Waals surface area contributed by atoms with E-state index in [-0.39, 0.29) is 23.9 Å². The number of hydrogen-bond donors (Lipinski definition) is 2. The number of carbonyl (C=O) groups excluding carboxylic acids is 1. The van der Waals surface area contributed by atoms with E-state index in [0.717, 1.165) is 10.6 Å². The van der Waals surface area contributed by atoms with Crippen molar-refractivity contribution in [3.8, 4) is 5.69 Å². The maximum atomic E-state index is 12.4. The van der Waals surface area contributed by atoms with E-state index in [1.165, 1.54) is 6.20 Å². The van der Waals surface area contributed by atoms with Gasteiger partial charge in [0.05, 0.1) is 17.9 Å². The molecular weight excluding hydrogens is 374 g/mol. The van der Waals surface area contributed by atoms with Crippen molar-refractivity contribution in [3.05, 3.63) is 75.1 Å². The van der Waals surface area contributed by atoms with Gasteiger partial charge in [0.2, 0.25) is 5.91 Å². The van der Waals surface area contributed by atoms with Crippen molar-refractivity contribution >= 4 is 28.3 Å². The van der Waals surface area contributed by atoms with Gasteiger partial charge in [0, 0.05) is 17.7 Å². The van der Waals surface area contributed by atoms with Gasteiger partial charge in [-0.3, -0.25) is 9.59 Å². The maximum absolute atomic E-state index is 12.4. The number of para-hydroxylation sites is 1. The molecule has 1 aromatic carbocycles. The third kappa shape index (κ3) is 3.72. The molecular formula is C20H19N5O2S. The molecule has 7 nitrogen and oxygen atoms in total. The first-order valence-electron chi connectivity index (χ1n) is 8.97. The number of hydrogen-bond acceptors (Lipinski definition) is 5. The molecule has 1 amide bonds. The highest BCUT2D eigenvalue weighted by molar-refractivity contribution is 7.10. The van der Waals surface area contributed by atoms with Crippen LogP contribution >= 0.6 is 11.3 Å². The van der Waals surface area contributed by atoms with Crippen LogP contribution in [-0.4, -0.2) is 25.7 Å². The molecule has 0 aliphatic rings. The normalized spacial score (nSPS) is 12.2. The van der Waals surface area contributed by atoms with Crippen LogP contribution in [0.3, 0.4) is 0 Å². The van der Waals surface area contributed by atoms with Gasteiger partial charge in [0.25, 0.3) is 5.56 Å². The minimum absolute atomic E-state index is 0.0403. The highest BCUT2D eigenvalue weighted by Crippen LogP contribution is 2.18. The zero-order valence-corrected chi connectivity index (χ0v) is 16.1. The van der Waals surface area contributed by atoms with Crippen LogP contribution in [0.4, 0.5) is 0 Å². The lowest BCUT2D eigenvalue weighted by Gasteiger charge is -2.12. The van der Waals surface area contributed by atoms with Crippen molar-refractivity contribution in [2.75, 3.05) is 0 Å². The number of aryl methyl sites for hydroxylation is 1. The Balaban J connectivity index is 1.51. The van der Waals surface area contributed by atoms with Gasteiger partial charge in [-0.2, -0.15) is 5.10 Å². The average molecular weight is 393 g/mol. The van der Waals surface area contributed by atoms with Gasteiger partial charge in [-0.05, 0) is 30.5 Å². The summed E-state index contributed by atoms with van der Waals surface area (Å²) in [5.74, 6) is 0.384. The second-order valence-electron chi connectivity index (χ2n) is 6.45. The summed E-state index contributed by atoms with van der Waals surface area (Å²) in [7, 11) is 0. The Kier molecular flexibility index (Phi) is 5.03. The number of aromatic nitrogens is 4. The Morgan fingerprint density at radius 1 is 1.25 bits per heavy atom. The van der Waals surface area contributed by atoms with Crippen molar-refractivity contribution in [2.24, 2.45) is 0 Å². The van der Waals surface area contributed by atoms with Crippen LogP contribution in [0.1, 0.15) is 30.1 Å². The Hall–Kier alpha value is -3.26. The maximum Gasteiger partial charge on any atom is 0.262 e. The Labute approximate surface area is 165 Å². The molecule has 0 radical (unpaired) electrons. The summed E-state index contributed by atoms with van der Waals surface area (Å²) < 4.78 is 1.63. The molecule has 0 bridgehead atoms. The van der Waals surface area contributed by atoms with Crippen molar-refractivity contribution in [2.45, 2.75) is 25.8 Å². The smallest absolute Gasteiger partial charge is 0.262 e. The summed E-state index contributed by atoms with van der Waals surface area (Å²) in [6.45, 7) is 1.95. The molecule has 0 saturated heterocycles. The van der Waals surface area contributed by atoms with Gasteiger partial charge in [-0.15, -0.1) is 11.3 Å². The Bertz CT molecular complexity index is 1150. The van der Waals surface area contributed by atoms with Gasteiger partial charge < -0.3 is 10.3 Å². The van der Waals surface area contributed by atoms with Crippen molar-refractivity contribution in [3.63, 3.8) is 0 Å². The molecule has 4 aromatic rings. The molecule has 0 spiro atoms. The Morgan fingerprint density at radius 2 is 2.07 bits per heavy atom.